The molecule has 190 valence electrons. The van der Waals surface area contributed by atoms with E-state index in [0.29, 0.717) is 17.4 Å². The predicted octanol–water partition coefficient (Wildman–Crippen LogP) is 7.92. The first-order valence-electron chi connectivity index (χ1n) is 13.3. The van der Waals surface area contributed by atoms with Gasteiger partial charge in [0, 0.05) is 23.5 Å². The summed E-state index contributed by atoms with van der Waals surface area (Å²) in [6.07, 6.45) is 11.5. The summed E-state index contributed by atoms with van der Waals surface area (Å²) in [6.45, 7) is 10.7. The molecule has 2 aliphatic heterocycles. The molecule has 4 atom stereocenters. The quantitative estimate of drug-likeness (QED) is 0.256. The molecule has 5 rings (SSSR count). The van der Waals surface area contributed by atoms with Gasteiger partial charge in [0.1, 0.15) is 34.0 Å². The Bertz CT molecular complexity index is 1230. The summed E-state index contributed by atoms with van der Waals surface area (Å²) in [5.74, 6) is 1.46. The van der Waals surface area contributed by atoms with Gasteiger partial charge in [0.2, 0.25) is 0 Å². The second-order valence-electron chi connectivity index (χ2n) is 11.7. The van der Waals surface area contributed by atoms with Crippen LogP contribution in [0.4, 0.5) is 0 Å². The summed E-state index contributed by atoms with van der Waals surface area (Å²) in [5, 5.41) is 11.1. The Labute approximate surface area is 215 Å². The predicted molar refractivity (Wildman–Crippen MR) is 144 cm³/mol. The number of allylic oxidation sites excluding steroid dienone is 3. The number of hydrogen-bond donors (Lipinski definition) is 1. The van der Waals surface area contributed by atoms with Crippen molar-refractivity contribution in [1.29, 1.82) is 0 Å². The second-order valence-corrected chi connectivity index (χ2v) is 11.7. The second kappa shape index (κ2) is 9.14. The molecule has 1 N–H and O–H groups in total. The number of hydrogen-bond acceptors (Lipinski definition) is 4. The minimum absolute atomic E-state index is 0.0744. The number of carbonyl (C=O) groups excluding carboxylic acids is 1. The molecule has 1 saturated carbocycles. The minimum atomic E-state index is -0.424. The van der Waals surface area contributed by atoms with Crippen LogP contribution in [0.15, 0.2) is 48.1 Å². The Balaban J connectivity index is 1.60. The van der Waals surface area contributed by atoms with E-state index in [0.717, 1.165) is 49.7 Å². The fourth-order valence-corrected chi connectivity index (χ4v) is 6.54. The van der Waals surface area contributed by atoms with E-state index >= 15 is 0 Å². The van der Waals surface area contributed by atoms with Crippen molar-refractivity contribution in [3.05, 3.63) is 70.3 Å². The van der Waals surface area contributed by atoms with E-state index in [-0.39, 0.29) is 28.6 Å². The number of fused-ring (bicyclic) bond motifs is 1. The Kier molecular flexibility index (Phi) is 6.26. The zero-order valence-electron chi connectivity index (χ0n) is 22.2. The van der Waals surface area contributed by atoms with Crippen LogP contribution < -0.4 is 9.47 Å². The van der Waals surface area contributed by atoms with Crippen LogP contribution in [-0.2, 0) is 0 Å². The van der Waals surface area contributed by atoms with Crippen molar-refractivity contribution in [3.63, 3.8) is 0 Å². The molecule has 4 nitrogen and oxygen atoms in total. The van der Waals surface area contributed by atoms with Crippen molar-refractivity contribution in [1.82, 2.24) is 0 Å². The monoisotopic (exact) mass is 486 g/mol. The lowest BCUT2D eigenvalue weighted by Gasteiger charge is -2.50. The molecule has 0 radical (unpaired) electrons. The van der Waals surface area contributed by atoms with Crippen LogP contribution in [0.2, 0.25) is 0 Å². The van der Waals surface area contributed by atoms with E-state index in [1.807, 2.05) is 31.2 Å². The van der Waals surface area contributed by atoms with E-state index < -0.39 is 5.60 Å². The van der Waals surface area contributed by atoms with Crippen LogP contribution in [0.5, 0.6) is 17.2 Å². The summed E-state index contributed by atoms with van der Waals surface area (Å²) in [4.78, 5) is 13.5. The van der Waals surface area contributed by atoms with Crippen LogP contribution >= 0.6 is 0 Å². The number of aromatic hydroxyl groups is 1. The number of carbonyl (C=O) groups is 1. The molecule has 0 aromatic heterocycles. The van der Waals surface area contributed by atoms with Gasteiger partial charge in [-0.15, -0.1) is 0 Å². The molecule has 1 unspecified atom stereocenters. The SMILES string of the molecule is CC(C)=CCC[C@@]1(C)Oc2c(C(=O)/C=C/c3ccc(C)cc3)c(O)cc3c2C2C[C@@](C)(CCC[C@@H]21)O3. The van der Waals surface area contributed by atoms with E-state index in [2.05, 4.69) is 33.8 Å². The van der Waals surface area contributed by atoms with Crippen molar-refractivity contribution in [3.8, 4) is 17.2 Å². The summed E-state index contributed by atoms with van der Waals surface area (Å²) in [5.41, 5.74) is 3.95. The lowest BCUT2D eigenvalue weighted by atomic mass is 9.66. The van der Waals surface area contributed by atoms with E-state index in [9.17, 15) is 9.90 Å². The first-order valence-corrected chi connectivity index (χ1v) is 13.3. The summed E-state index contributed by atoms with van der Waals surface area (Å²) >= 11 is 0. The Morgan fingerprint density at radius 3 is 2.64 bits per heavy atom. The molecule has 4 heteroatoms. The van der Waals surface area contributed by atoms with Gasteiger partial charge in [-0.3, -0.25) is 4.79 Å². The molecule has 2 aromatic rings. The number of benzene rings is 2. The Morgan fingerprint density at radius 1 is 1.17 bits per heavy atom. The fourth-order valence-electron chi connectivity index (χ4n) is 6.54. The Morgan fingerprint density at radius 2 is 1.92 bits per heavy atom. The molecule has 3 aliphatic rings. The number of phenolic OH excluding ortho intramolecular Hbond substituents is 1. The minimum Gasteiger partial charge on any atom is -0.507 e. The molecule has 0 spiro atoms. The maximum absolute atomic E-state index is 13.5. The van der Waals surface area contributed by atoms with Gasteiger partial charge in [-0.05, 0) is 84.8 Å². The number of phenols is 1. The normalized spacial score (nSPS) is 28.1. The third kappa shape index (κ3) is 4.47. The van der Waals surface area contributed by atoms with E-state index in [4.69, 9.17) is 9.47 Å². The van der Waals surface area contributed by atoms with Crippen molar-refractivity contribution >= 4 is 11.9 Å². The van der Waals surface area contributed by atoms with E-state index in [1.54, 1.807) is 18.2 Å². The number of ketones is 1. The first kappa shape index (κ1) is 24.7. The van der Waals surface area contributed by atoms with Crippen LogP contribution in [0.3, 0.4) is 0 Å². The molecule has 2 heterocycles. The summed E-state index contributed by atoms with van der Waals surface area (Å²) in [6, 6.07) is 9.65. The number of rotatable bonds is 6. The van der Waals surface area contributed by atoms with Crippen LogP contribution in [0.25, 0.3) is 6.08 Å². The van der Waals surface area contributed by atoms with Crippen LogP contribution in [0.1, 0.15) is 99.2 Å². The smallest absolute Gasteiger partial charge is 0.193 e. The topological polar surface area (TPSA) is 55.8 Å². The standard InChI is InChI=1S/C32H38O4/c1-20(2)8-6-17-32(5)24-9-7-16-31(4)19-23(24)28-27(35-31)18-26(34)29(30(28)36-32)25(33)15-14-22-12-10-21(3)11-13-22/h8,10-15,18,23-24,34H,6-7,9,16-17,19H2,1-5H3/b15-14+/t23?,24-,31+,32+/m0/s1. The van der Waals surface area contributed by atoms with Gasteiger partial charge in [0.15, 0.2) is 5.78 Å². The highest BCUT2D eigenvalue weighted by Gasteiger charge is 2.54. The number of ether oxygens (including phenoxy) is 2. The fraction of sp³-hybridized carbons (Fsp3) is 0.469. The van der Waals surface area contributed by atoms with Crippen molar-refractivity contribution in [2.24, 2.45) is 5.92 Å². The van der Waals surface area contributed by atoms with Crippen LogP contribution in [-0.4, -0.2) is 22.1 Å². The first-order chi connectivity index (χ1) is 17.1. The van der Waals surface area contributed by atoms with E-state index in [1.165, 1.54) is 11.1 Å². The van der Waals surface area contributed by atoms with Gasteiger partial charge < -0.3 is 14.6 Å². The van der Waals surface area contributed by atoms with Crippen LogP contribution in [0, 0.1) is 12.8 Å². The number of aryl methyl sites for hydroxylation is 1. The molecule has 2 aromatic carbocycles. The molecule has 0 amide bonds. The maximum Gasteiger partial charge on any atom is 0.193 e. The van der Waals surface area contributed by atoms with Gasteiger partial charge in [-0.1, -0.05) is 47.6 Å². The lowest BCUT2D eigenvalue weighted by molar-refractivity contribution is -0.0357. The third-order valence-electron chi connectivity index (χ3n) is 8.41. The highest BCUT2D eigenvalue weighted by atomic mass is 16.5. The summed E-state index contributed by atoms with van der Waals surface area (Å²) < 4.78 is 13.3. The molecule has 1 aliphatic carbocycles. The Hall–Kier alpha value is -3.01. The van der Waals surface area contributed by atoms with Gasteiger partial charge >= 0.3 is 0 Å². The van der Waals surface area contributed by atoms with Gasteiger partial charge in [0.05, 0.1) is 0 Å². The molecular weight excluding hydrogens is 448 g/mol. The zero-order valence-corrected chi connectivity index (χ0v) is 22.2. The largest absolute Gasteiger partial charge is 0.507 e. The molecule has 1 fully saturated rings. The van der Waals surface area contributed by atoms with Crippen molar-refractivity contribution < 1.29 is 19.4 Å². The lowest BCUT2D eigenvalue weighted by Crippen LogP contribution is -2.50. The van der Waals surface area contributed by atoms with Crippen molar-refractivity contribution in [2.75, 3.05) is 0 Å². The average Bonchev–Trinajstić information content (AvgIpc) is 2.94. The highest BCUT2D eigenvalue weighted by Crippen LogP contribution is 2.61. The van der Waals surface area contributed by atoms with Gasteiger partial charge in [-0.2, -0.15) is 0 Å². The van der Waals surface area contributed by atoms with Gasteiger partial charge in [0.25, 0.3) is 0 Å². The zero-order chi connectivity index (χ0) is 25.7. The van der Waals surface area contributed by atoms with Crippen molar-refractivity contribution in [2.45, 2.75) is 90.3 Å². The van der Waals surface area contributed by atoms with Gasteiger partial charge in [-0.25, -0.2) is 0 Å². The maximum atomic E-state index is 13.5. The third-order valence-corrected chi connectivity index (χ3v) is 8.41. The molecule has 2 bridgehead atoms. The molecule has 36 heavy (non-hydrogen) atoms. The average molecular weight is 487 g/mol. The molecule has 0 saturated heterocycles. The summed E-state index contributed by atoms with van der Waals surface area (Å²) in [7, 11) is 0. The highest BCUT2D eigenvalue weighted by molar-refractivity contribution is 6.11. The molecular formula is C32H38O4.